The van der Waals surface area contributed by atoms with Gasteiger partial charge in [-0.15, -0.1) is 0 Å². The zero-order valence-corrected chi connectivity index (χ0v) is 11.5. The van der Waals surface area contributed by atoms with E-state index < -0.39 is 0 Å². The van der Waals surface area contributed by atoms with Crippen LogP contribution in [0.4, 0.5) is 0 Å². The number of aryl methyl sites for hydroxylation is 3. The SMILES string of the molecule is CCC(N)c1ncc(-c2cc(C)c(C)cc2C)[nH]1. The molecule has 0 saturated heterocycles. The third-order valence-electron chi connectivity index (χ3n) is 3.52. The van der Waals surface area contributed by atoms with Gasteiger partial charge in [-0.05, 0) is 49.9 Å². The van der Waals surface area contributed by atoms with Gasteiger partial charge in [0.25, 0.3) is 0 Å². The van der Waals surface area contributed by atoms with Crippen molar-refractivity contribution in [3.8, 4) is 11.3 Å². The maximum atomic E-state index is 5.98. The van der Waals surface area contributed by atoms with E-state index in [0.717, 1.165) is 17.9 Å². The number of nitrogens with two attached hydrogens (primary N) is 1. The highest BCUT2D eigenvalue weighted by Crippen LogP contribution is 2.26. The standard InChI is InChI=1S/C15H21N3/c1-5-13(16)15-17-8-14(18-15)12-7-10(3)9(2)6-11(12)4/h6-8,13H,5,16H2,1-4H3,(H,17,18). The summed E-state index contributed by atoms with van der Waals surface area (Å²) in [4.78, 5) is 7.71. The number of nitrogens with zero attached hydrogens (tertiary/aromatic N) is 1. The summed E-state index contributed by atoms with van der Waals surface area (Å²) in [5.74, 6) is 0.866. The average Bonchev–Trinajstić information content (AvgIpc) is 2.82. The van der Waals surface area contributed by atoms with Crippen molar-refractivity contribution in [2.24, 2.45) is 5.73 Å². The number of hydrogen-bond acceptors (Lipinski definition) is 2. The van der Waals surface area contributed by atoms with Crippen LogP contribution in [0.25, 0.3) is 11.3 Å². The molecule has 1 atom stereocenters. The number of aromatic nitrogens is 2. The van der Waals surface area contributed by atoms with Gasteiger partial charge >= 0.3 is 0 Å². The maximum Gasteiger partial charge on any atom is 0.123 e. The van der Waals surface area contributed by atoms with E-state index in [1.54, 1.807) is 0 Å². The van der Waals surface area contributed by atoms with E-state index in [2.05, 4.69) is 49.8 Å². The molecule has 3 N–H and O–H groups in total. The first-order chi connectivity index (χ1) is 8.52. The summed E-state index contributed by atoms with van der Waals surface area (Å²) < 4.78 is 0. The van der Waals surface area contributed by atoms with Gasteiger partial charge in [0, 0.05) is 5.56 Å². The Labute approximate surface area is 108 Å². The normalized spacial score (nSPS) is 12.7. The summed E-state index contributed by atoms with van der Waals surface area (Å²) in [6.07, 6.45) is 2.76. The zero-order chi connectivity index (χ0) is 13.3. The molecule has 18 heavy (non-hydrogen) atoms. The van der Waals surface area contributed by atoms with Crippen molar-refractivity contribution < 1.29 is 0 Å². The molecule has 3 nitrogen and oxygen atoms in total. The van der Waals surface area contributed by atoms with Gasteiger partial charge in [-0.25, -0.2) is 4.98 Å². The van der Waals surface area contributed by atoms with Crippen LogP contribution in [-0.2, 0) is 0 Å². The minimum Gasteiger partial charge on any atom is -0.341 e. The molecule has 1 unspecified atom stereocenters. The van der Waals surface area contributed by atoms with Crippen molar-refractivity contribution in [3.63, 3.8) is 0 Å². The molecule has 0 aliphatic rings. The minimum atomic E-state index is -0.00870. The van der Waals surface area contributed by atoms with Crippen molar-refractivity contribution in [2.45, 2.75) is 40.2 Å². The summed E-state index contributed by atoms with van der Waals surface area (Å²) in [5.41, 5.74) is 12.1. The van der Waals surface area contributed by atoms with Gasteiger partial charge in [-0.1, -0.05) is 13.0 Å². The van der Waals surface area contributed by atoms with E-state index in [1.165, 1.54) is 22.3 Å². The average molecular weight is 243 g/mol. The first-order valence-electron chi connectivity index (χ1n) is 6.41. The minimum absolute atomic E-state index is 0.00870. The van der Waals surface area contributed by atoms with Crippen molar-refractivity contribution in [1.29, 1.82) is 0 Å². The highest BCUT2D eigenvalue weighted by molar-refractivity contribution is 5.65. The van der Waals surface area contributed by atoms with Gasteiger partial charge in [0.05, 0.1) is 17.9 Å². The van der Waals surface area contributed by atoms with Crippen molar-refractivity contribution in [2.75, 3.05) is 0 Å². The topological polar surface area (TPSA) is 54.7 Å². The quantitative estimate of drug-likeness (QED) is 0.868. The Kier molecular flexibility index (Phi) is 3.53. The van der Waals surface area contributed by atoms with Crippen LogP contribution < -0.4 is 5.73 Å². The second-order valence-corrected chi connectivity index (χ2v) is 4.95. The predicted octanol–water partition coefficient (Wildman–Crippen LogP) is 3.41. The fraction of sp³-hybridized carbons (Fsp3) is 0.400. The summed E-state index contributed by atoms with van der Waals surface area (Å²) >= 11 is 0. The number of imidazole rings is 1. The van der Waals surface area contributed by atoms with E-state index in [1.807, 2.05) is 6.20 Å². The number of benzene rings is 1. The first kappa shape index (κ1) is 12.8. The molecular weight excluding hydrogens is 222 g/mol. The molecule has 0 aliphatic carbocycles. The third kappa shape index (κ3) is 2.31. The molecule has 1 heterocycles. The summed E-state index contributed by atoms with van der Waals surface area (Å²) in [7, 11) is 0. The molecule has 0 fully saturated rings. The number of aromatic amines is 1. The Hall–Kier alpha value is -1.61. The van der Waals surface area contributed by atoms with Crippen LogP contribution in [0.1, 0.15) is 41.9 Å². The van der Waals surface area contributed by atoms with Crippen molar-refractivity contribution in [3.05, 3.63) is 40.8 Å². The molecule has 1 aromatic heterocycles. The number of hydrogen-bond donors (Lipinski definition) is 2. The van der Waals surface area contributed by atoms with E-state index in [9.17, 15) is 0 Å². The molecule has 0 aliphatic heterocycles. The fourth-order valence-corrected chi connectivity index (χ4v) is 2.11. The molecule has 96 valence electrons. The van der Waals surface area contributed by atoms with Crippen LogP contribution in [0, 0.1) is 20.8 Å². The molecular formula is C15H21N3. The van der Waals surface area contributed by atoms with Crippen LogP contribution in [0.3, 0.4) is 0 Å². The Bertz CT molecular complexity index is 555. The van der Waals surface area contributed by atoms with Gasteiger partial charge in [-0.3, -0.25) is 0 Å². The second-order valence-electron chi connectivity index (χ2n) is 4.95. The van der Waals surface area contributed by atoms with Crippen LogP contribution in [0.5, 0.6) is 0 Å². The monoisotopic (exact) mass is 243 g/mol. The Balaban J connectivity index is 2.43. The van der Waals surface area contributed by atoms with E-state index >= 15 is 0 Å². The zero-order valence-electron chi connectivity index (χ0n) is 11.5. The van der Waals surface area contributed by atoms with Crippen LogP contribution in [0.2, 0.25) is 0 Å². The lowest BCUT2D eigenvalue weighted by molar-refractivity contribution is 0.658. The number of H-pyrrole nitrogens is 1. The first-order valence-corrected chi connectivity index (χ1v) is 6.41. The molecule has 0 spiro atoms. The molecule has 0 bridgehead atoms. The van der Waals surface area contributed by atoms with E-state index in [-0.39, 0.29) is 6.04 Å². The molecule has 2 rings (SSSR count). The van der Waals surface area contributed by atoms with Crippen LogP contribution in [0.15, 0.2) is 18.3 Å². The summed E-state index contributed by atoms with van der Waals surface area (Å²) in [5, 5.41) is 0. The third-order valence-corrected chi connectivity index (χ3v) is 3.52. The van der Waals surface area contributed by atoms with Gasteiger partial charge in [0.1, 0.15) is 5.82 Å². The second kappa shape index (κ2) is 4.94. The highest BCUT2D eigenvalue weighted by Gasteiger charge is 2.11. The van der Waals surface area contributed by atoms with Crippen LogP contribution in [-0.4, -0.2) is 9.97 Å². The van der Waals surface area contributed by atoms with Gasteiger partial charge in [0.15, 0.2) is 0 Å². The van der Waals surface area contributed by atoms with Gasteiger partial charge < -0.3 is 10.7 Å². The number of rotatable bonds is 3. The lowest BCUT2D eigenvalue weighted by Gasteiger charge is -2.08. The lowest BCUT2D eigenvalue weighted by Crippen LogP contribution is -2.10. The van der Waals surface area contributed by atoms with Gasteiger partial charge in [0.2, 0.25) is 0 Å². The molecule has 2 aromatic rings. The molecule has 0 amide bonds. The molecule has 1 aromatic carbocycles. The molecule has 3 heteroatoms. The fourth-order valence-electron chi connectivity index (χ4n) is 2.11. The Morgan fingerprint density at radius 2 is 1.83 bits per heavy atom. The predicted molar refractivity (Wildman–Crippen MR) is 75.5 cm³/mol. The van der Waals surface area contributed by atoms with Crippen LogP contribution >= 0.6 is 0 Å². The van der Waals surface area contributed by atoms with Gasteiger partial charge in [-0.2, -0.15) is 0 Å². The Morgan fingerprint density at radius 1 is 1.17 bits per heavy atom. The number of nitrogens with one attached hydrogen (secondary N) is 1. The van der Waals surface area contributed by atoms with E-state index in [4.69, 9.17) is 5.73 Å². The molecule has 0 radical (unpaired) electrons. The van der Waals surface area contributed by atoms with Crippen molar-refractivity contribution >= 4 is 0 Å². The highest BCUT2D eigenvalue weighted by atomic mass is 15.0. The smallest absolute Gasteiger partial charge is 0.123 e. The maximum absolute atomic E-state index is 5.98. The summed E-state index contributed by atoms with van der Waals surface area (Å²) in [6.45, 7) is 8.46. The lowest BCUT2D eigenvalue weighted by atomic mass is 9.99. The summed E-state index contributed by atoms with van der Waals surface area (Å²) in [6, 6.07) is 4.41. The largest absolute Gasteiger partial charge is 0.341 e. The van der Waals surface area contributed by atoms with E-state index in [0.29, 0.717) is 0 Å². The molecule has 0 saturated carbocycles. The Morgan fingerprint density at radius 3 is 2.50 bits per heavy atom. The van der Waals surface area contributed by atoms with Crippen molar-refractivity contribution in [1.82, 2.24) is 9.97 Å².